The molecule has 0 aliphatic heterocycles. The minimum atomic E-state index is -0.830. The molecule has 2 N–H and O–H groups in total. The second kappa shape index (κ2) is 7.51. The molecule has 1 fully saturated rings. The first kappa shape index (κ1) is 17.8. The van der Waals surface area contributed by atoms with Crippen molar-refractivity contribution in [3.05, 3.63) is 24.0 Å². The van der Waals surface area contributed by atoms with Gasteiger partial charge in [0.05, 0.1) is 13.0 Å². The fraction of sp³-hybridized carbons (Fsp3) is 0.471. The normalized spacial score (nSPS) is 19.8. The largest absolute Gasteiger partial charge is 0.494 e. The molecule has 138 valence electrons. The number of amides is 1. The van der Waals surface area contributed by atoms with E-state index in [-0.39, 0.29) is 11.8 Å². The molecule has 2 unspecified atom stereocenters. The third-order valence-corrected chi connectivity index (χ3v) is 4.69. The second-order valence-electron chi connectivity index (χ2n) is 6.41. The first-order valence-corrected chi connectivity index (χ1v) is 8.46. The molecular weight excluding hydrogens is 338 g/mol. The summed E-state index contributed by atoms with van der Waals surface area (Å²) in [5.41, 5.74) is 1.19. The molecule has 2 atom stereocenters. The smallest absolute Gasteiger partial charge is 0.306 e. The number of ether oxygens (including phenoxy) is 1. The minimum Gasteiger partial charge on any atom is -0.494 e. The zero-order valence-corrected chi connectivity index (χ0v) is 14.7. The van der Waals surface area contributed by atoms with Gasteiger partial charge in [-0.2, -0.15) is 4.68 Å². The van der Waals surface area contributed by atoms with Gasteiger partial charge in [-0.1, -0.05) is 6.42 Å². The molecule has 1 aromatic heterocycles. The van der Waals surface area contributed by atoms with Crippen molar-refractivity contribution in [3.63, 3.8) is 0 Å². The highest BCUT2D eigenvalue weighted by molar-refractivity contribution is 5.93. The Kier molecular flexibility index (Phi) is 5.15. The van der Waals surface area contributed by atoms with Gasteiger partial charge in [0.25, 0.3) is 0 Å². The Labute approximate surface area is 150 Å². The molecule has 0 radical (unpaired) electrons. The number of aryl methyl sites for hydroxylation is 1. The lowest BCUT2D eigenvalue weighted by Crippen LogP contribution is -2.30. The number of carboxylic acids is 1. The Morgan fingerprint density at radius 1 is 1.31 bits per heavy atom. The van der Waals surface area contributed by atoms with Gasteiger partial charge in [0.15, 0.2) is 5.82 Å². The lowest BCUT2D eigenvalue weighted by molar-refractivity contribution is -0.143. The van der Waals surface area contributed by atoms with E-state index in [1.165, 1.54) is 4.68 Å². The molecule has 1 aliphatic carbocycles. The zero-order valence-electron chi connectivity index (χ0n) is 14.7. The van der Waals surface area contributed by atoms with Gasteiger partial charge in [-0.3, -0.25) is 9.59 Å². The third kappa shape index (κ3) is 3.66. The van der Waals surface area contributed by atoms with E-state index in [0.717, 1.165) is 6.42 Å². The van der Waals surface area contributed by atoms with Crippen LogP contribution in [0.25, 0.3) is 5.69 Å². The van der Waals surface area contributed by atoms with Crippen LogP contribution in [0.2, 0.25) is 0 Å². The van der Waals surface area contributed by atoms with Gasteiger partial charge in [-0.25, -0.2) is 0 Å². The van der Waals surface area contributed by atoms with Gasteiger partial charge < -0.3 is 15.2 Å². The number of aliphatic carboxylic acids is 1. The fourth-order valence-electron chi connectivity index (χ4n) is 3.28. The van der Waals surface area contributed by atoms with E-state index in [1.54, 1.807) is 32.2 Å². The predicted octanol–water partition coefficient (Wildman–Crippen LogP) is 1.81. The van der Waals surface area contributed by atoms with Crippen molar-refractivity contribution in [2.45, 2.75) is 32.6 Å². The van der Waals surface area contributed by atoms with Crippen LogP contribution in [0.15, 0.2) is 18.2 Å². The van der Waals surface area contributed by atoms with E-state index < -0.39 is 11.9 Å². The van der Waals surface area contributed by atoms with Crippen molar-refractivity contribution < 1.29 is 19.4 Å². The number of carboxylic acid groups (broad SMARTS) is 1. The van der Waals surface area contributed by atoms with Crippen LogP contribution in [0.4, 0.5) is 5.69 Å². The van der Waals surface area contributed by atoms with Crippen LogP contribution in [0.5, 0.6) is 5.75 Å². The molecule has 1 amide bonds. The summed E-state index contributed by atoms with van der Waals surface area (Å²) in [6.07, 6.45) is 2.44. The number of hydrogen-bond acceptors (Lipinski definition) is 6. The first-order chi connectivity index (χ1) is 12.5. The first-order valence-electron chi connectivity index (χ1n) is 8.46. The number of carbonyl (C=O) groups excluding carboxylic acids is 1. The molecule has 0 bridgehead atoms. The fourth-order valence-corrected chi connectivity index (χ4v) is 3.28. The maximum atomic E-state index is 12.6. The number of nitrogens with zero attached hydrogens (tertiary/aromatic N) is 4. The minimum absolute atomic E-state index is 0.166. The van der Waals surface area contributed by atoms with Crippen molar-refractivity contribution in [2.24, 2.45) is 11.8 Å². The number of aromatic nitrogens is 4. The van der Waals surface area contributed by atoms with E-state index in [2.05, 4.69) is 20.8 Å². The second-order valence-corrected chi connectivity index (χ2v) is 6.41. The summed E-state index contributed by atoms with van der Waals surface area (Å²) < 4.78 is 6.87. The average Bonchev–Trinajstić information content (AvgIpc) is 3.07. The van der Waals surface area contributed by atoms with Crippen molar-refractivity contribution in [2.75, 3.05) is 12.4 Å². The molecule has 9 nitrogen and oxygen atoms in total. The standard InChI is InChI=1S/C17H21N5O4/c1-10-19-20-21-22(10)14-9-13(6-7-15(14)26-2)18-16(23)11-4-3-5-12(8-11)17(24)25/h6-7,9,11-12H,3-5,8H2,1-2H3,(H,18,23)(H,24,25). The van der Waals surface area contributed by atoms with Gasteiger partial charge in [0.2, 0.25) is 5.91 Å². The lowest BCUT2D eigenvalue weighted by Gasteiger charge is -2.25. The number of rotatable bonds is 5. The Balaban J connectivity index is 1.79. The van der Waals surface area contributed by atoms with Crippen LogP contribution in [0.1, 0.15) is 31.5 Å². The average molecular weight is 359 g/mol. The molecule has 26 heavy (non-hydrogen) atoms. The quantitative estimate of drug-likeness (QED) is 0.835. The van der Waals surface area contributed by atoms with Crippen LogP contribution < -0.4 is 10.1 Å². The van der Waals surface area contributed by atoms with E-state index in [0.29, 0.717) is 42.2 Å². The maximum Gasteiger partial charge on any atom is 0.306 e. The summed E-state index contributed by atoms with van der Waals surface area (Å²) in [5, 5.41) is 23.5. The molecule has 3 rings (SSSR count). The van der Waals surface area contributed by atoms with E-state index in [1.807, 2.05) is 0 Å². The summed E-state index contributed by atoms with van der Waals surface area (Å²) in [7, 11) is 1.55. The highest BCUT2D eigenvalue weighted by atomic mass is 16.5. The number of hydrogen-bond donors (Lipinski definition) is 2. The van der Waals surface area contributed by atoms with Crippen molar-refractivity contribution in [3.8, 4) is 11.4 Å². The van der Waals surface area contributed by atoms with Gasteiger partial charge in [-0.05, 0) is 54.8 Å². The summed E-state index contributed by atoms with van der Waals surface area (Å²) in [6.45, 7) is 1.76. The molecule has 1 aliphatic rings. The van der Waals surface area contributed by atoms with Crippen LogP contribution in [-0.4, -0.2) is 44.3 Å². The van der Waals surface area contributed by atoms with Crippen molar-refractivity contribution in [1.82, 2.24) is 20.2 Å². The highest BCUT2D eigenvalue weighted by Gasteiger charge is 2.31. The van der Waals surface area contributed by atoms with Crippen LogP contribution >= 0.6 is 0 Å². The van der Waals surface area contributed by atoms with Crippen molar-refractivity contribution in [1.29, 1.82) is 0 Å². The number of anilines is 1. The molecule has 1 saturated carbocycles. The van der Waals surface area contributed by atoms with Crippen molar-refractivity contribution >= 4 is 17.6 Å². The Bertz CT molecular complexity index is 819. The molecule has 1 heterocycles. The number of methoxy groups -OCH3 is 1. The summed E-state index contributed by atoms with van der Waals surface area (Å²) >= 11 is 0. The number of carbonyl (C=O) groups is 2. The number of tetrazole rings is 1. The van der Waals surface area contributed by atoms with Gasteiger partial charge in [0.1, 0.15) is 11.4 Å². The van der Waals surface area contributed by atoms with Crippen LogP contribution in [0, 0.1) is 18.8 Å². The van der Waals surface area contributed by atoms with Gasteiger partial charge >= 0.3 is 5.97 Å². The molecule has 1 aromatic carbocycles. The molecular formula is C17H21N5O4. The summed E-state index contributed by atoms with van der Waals surface area (Å²) in [6, 6.07) is 5.20. The molecule has 0 saturated heterocycles. The SMILES string of the molecule is COc1ccc(NC(=O)C2CCCC(C(=O)O)C2)cc1-n1nnnc1C. The predicted molar refractivity (Wildman–Crippen MR) is 92.2 cm³/mol. The monoisotopic (exact) mass is 359 g/mol. The summed E-state index contributed by atoms with van der Waals surface area (Å²) in [5.74, 6) is -0.589. The maximum absolute atomic E-state index is 12.6. The third-order valence-electron chi connectivity index (χ3n) is 4.69. The molecule has 0 spiro atoms. The van der Waals surface area contributed by atoms with Crippen LogP contribution in [0.3, 0.4) is 0 Å². The van der Waals surface area contributed by atoms with Gasteiger partial charge in [-0.15, -0.1) is 5.10 Å². The zero-order chi connectivity index (χ0) is 18.7. The van der Waals surface area contributed by atoms with Gasteiger partial charge in [0, 0.05) is 11.6 Å². The topological polar surface area (TPSA) is 119 Å². The summed E-state index contributed by atoms with van der Waals surface area (Å²) in [4.78, 5) is 23.8. The Hall–Kier alpha value is -2.97. The lowest BCUT2D eigenvalue weighted by atomic mass is 9.81. The van der Waals surface area contributed by atoms with E-state index in [9.17, 15) is 14.7 Å². The molecule has 2 aromatic rings. The molecule has 9 heteroatoms. The van der Waals surface area contributed by atoms with E-state index >= 15 is 0 Å². The number of nitrogens with one attached hydrogen (secondary N) is 1. The number of benzene rings is 1. The highest BCUT2D eigenvalue weighted by Crippen LogP contribution is 2.31. The van der Waals surface area contributed by atoms with E-state index in [4.69, 9.17) is 4.74 Å². The Morgan fingerprint density at radius 2 is 2.08 bits per heavy atom. The Morgan fingerprint density at radius 3 is 2.73 bits per heavy atom. The van der Waals surface area contributed by atoms with Crippen LogP contribution in [-0.2, 0) is 9.59 Å².